The van der Waals surface area contributed by atoms with Crippen LogP contribution in [0.3, 0.4) is 0 Å². The Kier molecular flexibility index (Phi) is 4.07. The first kappa shape index (κ1) is 13.6. The van der Waals surface area contributed by atoms with Gasteiger partial charge in [-0.3, -0.25) is 0 Å². The van der Waals surface area contributed by atoms with Crippen molar-refractivity contribution in [3.8, 4) is 0 Å². The lowest BCUT2D eigenvalue weighted by Crippen LogP contribution is -2.34. The van der Waals surface area contributed by atoms with Crippen LogP contribution in [-0.4, -0.2) is 48.1 Å². The lowest BCUT2D eigenvalue weighted by atomic mass is 10.1. The van der Waals surface area contributed by atoms with Crippen LogP contribution in [0.4, 0.5) is 5.95 Å². The molecule has 0 N–H and O–H groups in total. The molecule has 0 saturated carbocycles. The SMILES string of the molecule is Cc1nc(N2CC(C)C(N(C)C)C2)ncc1CCl. The highest BCUT2D eigenvalue weighted by Crippen LogP contribution is 2.24. The predicted octanol–water partition coefficient (Wildman–Crippen LogP) is 1.91. The summed E-state index contributed by atoms with van der Waals surface area (Å²) in [6.45, 7) is 6.28. The summed E-state index contributed by atoms with van der Waals surface area (Å²) >= 11 is 5.83. The third-order valence-corrected chi connectivity index (χ3v) is 4.02. The number of anilines is 1. The van der Waals surface area contributed by atoms with Gasteiger partial charge in [0.05, 0.1) is 5.88 Å². The van der Waals surface area contributed by atoms with Crippen molar-refractivity contribution in [2.45, 2.75) is 25.8 Å². The van der Waals surface area contributed by atoms with E-state index < -0.39 is 0 Å². The molecular formula is C13H21ClN4. The Morgan fingerprint density at radius 1 is 1.44 bits per heavy atom. The first-order valence-electron chi connectivity index (χ1n) is 6.32. The number of nitrogens with zero attached hydrogens (tertiary/aromatic N) is 4. The Labute approximate surface area is 114 Å². The minimum Gasteiger partial charge on any atom is -0.339 e. The summed E-state index contributed by atoms with van der Waals surface area (Å²) in [5.41, 5.74) is 1.99. The van der Waals surface area contributed by atoms with Gasteiger partial charge in [0.15, 0.2) is 0 Å². The highest BCUT2D eigenvalue weighted by Gasteiger charge is 2.32. The van der Waals surface area contributed by atoms with Crippen LogP contribution in [0.5, 0.6) is 0 Å². The number of rotatable bonds is 3. The van der Waals surface area contributed by atoms with E-state index in [4.69, 9.17) is 11.6 Å². The molecule has 1 aromatic rings. The first-order chi connectivity index (χ1) is 8.52. The third kappa shape index (κ3) is 2.59. The van der Waals surface area contributed by atoms with Crippen LogP contribution in [0.1, 0.15) is 18.2 Å². The molecule has 0 aliphatic carbocycles. The van der Waals surface area contributed by atoms with Crippen molar-refractivity contribution < 1.29 is 0 Å². The lowest BCUT2D eigenvalue weighted by molar-refractivity contribution is 0.266. The molecule has 2 atom stereocenters. The molecular weight excluding hydrogens is 248 g/mol. The van der Waals surface area contributed by atoms with E-state index in [2.05, 4.69) is 40.8 Å². The molecule has 4 nitrogen and oxygen atoms in total. The summed E-state index contributed by atoms with van der Waals surface area (Å²) in [5.74, 6) is 1.94. The maximum Gasteiger partial charge on any atom is 0.225 e. The Bertz CT molecular complexity index is 421. The predicted molar refractivity (Wildman–Crippen MR) is 75.2 cm³/mol. The van der Waals surface area contributed by atoms with Crippen LogP contribution in [0, 0.1) is 12.8 Å². The zero-order chi connectivity index (χ0) is 13.3. The summed E-state index contributed by atoms with van der Waals surface area (Å²) in [5, 5.41) is 0. The maximum atomic E-state index is 5.83. The van der Waals surface area contributed by atoms with Gasteiger partial charge in [-0.05, 0) is 26.9 Å². The largest absolute Gasteiger partial charge is 0.339 e. The zero-order valence-corrected chi connectivity index (χ0v) is 12.3. The van der Waals surface area contributed by atoms with Gasteiger partial charge >= 0.3 is 0 Å². The standard InChI is InChI=1S/C13H21ClN4/c1-9-7-18(8-12(9)17(3)4)13-15-6-11(5-14)10(2)16-13/h6,9,12H,5,7-8H2,1-4H3. The van der Waals surface area contributed by atoms with E-state index in [1.807, 2.05) is 13.1 Å². The van der Waals surface area contributed by atoms with Crippen LogP contribution in [0.2, 0.25) is 0 Å². The van der Waals surface area contributed by atoms with Crippen molar-refractivity contribution in [2.24, 2.45) is 5.92 Å². The molecule has 0 spiro atoms. The van der Waals surface area contributed by atoms with E-state index in [0.29, 0.717) is 17.8 Å². The van der Waals surface area contributed by atoms with Gasteiger partial charge in [-0.2, -0.15) is 0 Å². The van der Waals surface area contributed by atoms with Gasteiger partial charge in [-0.15, -0.1) is 11.6 Å². The Morgan fingerprint density at radius 2 is 2.17 bits per heavy atom. The number of hydrogen-bond acceptors (Lipinski definition) is 4. The van der Waals surface area contributed by atoms with Crippen LogP contribution in [0.25, 0.3) is 0 Å². The summed E-state index contributed by atoms with van der Waals surface area (Å²) < 4.78 is 0. The van der Waals surface area contributed by atoms with Crippen molar-refractivity contribution in [1.29, 1.82) is 0 Å². The number of alkyl halides is 1. The fraction of sp³-hybridized carbons (Fsp3) is 0.692. The molecule has 5 heteroatoms. The highest BCUT2D eigenvalue weighted by atomic mass is 35.5. The van der Waals surface area contributed by atoms with Crippen molar-refractivity contribution in [3.63, 3.8) is 0 Å². The number of aryl methyl sites for hydroxylation is 1. The first-order valence-corrected chi connectivity index (χ1v) is 6.86. The zero-order valence-electron chi connectivity index (χ0n) is 11.5. The Hall–Kier alpha value is -0.870. The minimum absolute atomic E-state index is 0.475. The van der Waals surface area contributed by atoms with Gasteiger partial charge in [0.25, 0.3) is 0 Å². The molecule has 0 amide bonds. The molecule has 18 heavy (non-hydrogen) atoms. The lowest BCUT2D eigenvalue weighted by Gasteiger charge is -2.22. The van der Waals surface area contributed by atoms with Gasteiger partial charge in [0, 0.05) is 36.6 Å². The summed E-state index contributed by atoms with van der Waals surface area (Å²) in [6.07, 6.45) is 1.85. The molecule has 1 aliphatic heterocycles. The van der Waals surface area contributed by atoms with E-state index in [0.717, 1.165) is 30.3 Å². The summed E-state index contributed by atoms with van der Waals surface area (Å²) in [6, 6.07) is 0.571. The fourth-order valence-electron chi connectivity index (χ4n) is 2.55. The monoisotopic (exact) mass is 268 g/mol. The van der Waals surface area contributed by atoms with Crippen molar-refractivity contribution in [2.75, 3.05) is 32.1 Å². The van der Waals surface area contributed by atoms with Gasteiger partial charge in [0.1, 0.15) is 0 Å². The van der Waals surface area contributed by atoms with Gasteiger partial charge in [-0.1, -0.05) is 6.92 Å². The van der Waals surface area contributed by atoms with Gasteiger partial charge in [-0.25, -0.2) is 9.97 Å². The number of hydrogen-bond donors (Lipinski definition) is 0. The molecule has 0 radical (unpaired) electrons. The van der Waals surface area contributed by atoms with Crippen LogP contribution in [0.15, 0.2) is 6.20 Å². The van der Waals surface area contributed by atoms with E-state index in [-0.39, 0.29) is 0 Å². The number of aromatic nitrogens is 2. The third-order valence-electron chi connectivity index (χ3n) is 3.73. The van der Waals surface area contributed by atoms with E-state index in [1.54, 1.807) is 0 Å². The van der Waals surface area contributed by atoms with Crippen molar-refractivity contribution in [1.82, 2.24) is 14.9 Å². The van der Waals surface area contributed by atoms with Crippen molar-refractivity contribution >= 4 is 17.5 Å². The molecule has 100 valence electrons. The molecule has 2 unspecified atom stereocenters. The summed E-state index contributed by atoms with van der Waals surface area (Å²) in [7, 11) is 4.26. The Morgan fingerprint density at radius 3 is 2.67 bits per heavy atom. The smallest absolute Gasteiger partial charge is 0.225 e. The van der Waals surface area contributed by atoms with E-state index in [9.17, 15) is 0 Å². The molecule has 1 saturated heterocycles. The molecule has 2 rings (SSSR count). The fourth-order valence-corrected chi connectivity index (χ4v) is 2.81. The minimum atomic E-state index is 0.475. The second-order valence-corrected chi connectivity index (χ2v) is 5.59. The normalized spacial score (nSPS) is 24.0. The second-order valence-electron chi connectivity index (χ2n) is 5.33. The van der Waals surface area contributed by atoms with Gasteiger partial charge < -0.3 is 9.80 Å². The van der Waals surface area contributed by atoms with Crippen LogP contribution >= 0.6 is 11.6 Å². The maximum absolute atomic E-state index is 5.83. The van der Waals surface area contributed by atoms with E-state index >= 15 is 0 Å². The average Bonchev–Trinajstić information content (AvgIpc) is 2.71. The van der Waals surface area contributed by atoms with Crippen molar-refractivity contribution in [3.05, 3.63) is 17.5 Å². The molecule has 1 aromatic heterocycles. The number of halogens is 1. The molecule has 1 fully saturated rings. The van der Waals surface area contributed by atoms with E-state index in [1.165, 1.54) is 0 Å². The quantitative estimate of drug-likeness (QED) is 0.784. The average molecular weight is 269 g/mol. The molecule has 0 aromatic carbocycles. The summed E-state index contributed by atoms with van der Waals surface area (Å²) in [4.78, 5) is 13.5. The number of likely N-dealkylation sites (N-methyl/N-ethyl adjacent to an activating group) is 1. The second kappa shape index (κ2) is 5.41. The molecule has 2 heterocycles. The van der Waals surface area contributed by atoms with Crippen LogP contribution in [-0.2, 0) is 5.88 Å². The highest BCUT2D eigenvalue weighted by molar-refractivity contribution is 6.17. The van der Waals surface area contributed by atoms with Crippen LogP contribution < -0.4 is 4.90 Å². The topological polar surface area (TPSA) is 32.3 Å². The molecule has 1 aliphatic rings. The molecule has 0 bridgehead atoms. The van der Waals surface area contributed by atoms with Gasteiger partial charge in [0.2, 0.25) is 5.95 Å². The Balaban J connectivity index is 2.16.